The number of rotatable bonds is 8. The zero-order valence-corrected chi connectivity index (χ0v) is 15.6. The fourth-order valence-electron chi connectivity index (χ4n) is 3.40. The molecule has 1 fully saturated rings. The van der Waals surface area contributed by atoms with Crippen molar-refractivity contribution >= 4 is 0 Å². The standard InChI is InChI=1S/C22H30N2O2/c1-18-6-5-9-22(14-18)26-17-21(25)15-23-20-10-12-24(13-11-20)16-19-7-3-2-4-8-19/h2-9,14,20-21,23,25H,10-13,15-17H2,1H3/t21-/m0/s1. The van der Waals surface area contributed by atoms with Gasteiger partial charge in [-0.05, 0) is 56.1 Å². The van der Waals surface area contributed by atoms with Gasteiger partial charge in [0.05, 0.1) is 0 Å². The van der Waals surface area contributed by atoms with E-state index in [9.17, 15) is 5.11 Å². The third-order valence-electron chi connectivity index (χ3n) is 4.91. The first kappa shape index (κ1) is 18.9. The Balaban J connectivity index is 1.32. The molecule has 0 spiro atoms. The van der Waals surface area contributed by atoms with Crippen LogP contribution in [0.2, 0.25) is 0 Å². The van der Waals surface area contributed by atoms with Crippen molar-refractivity contribution in [1.82, 2.24) is 10.2 Å². The fraction of sp³-hybridized carbons (Fsp3) is 0.455. The highest BCUT2D eigenvalue weighted by molar-refractivity contribution is 5.27. The van der Waals surface area contributed by atoms with Crippen LogP contribution in [0.3, 0.4) is 0 Å². The summed E-state index contributed by atoms with van der Waals surface area (Å²) in [6, 6.07) is 19.0. The number of benzene rings is 2. The fourth-order valence-corrected chi connectivity index (χ4v) is 3.40. The van der Waals surface area contributed by atoms with E-state index in [1.165, 1.54) is 5.56 Å². The van der Waals surface area contributed by atoms with Crippen molar-refractivity contribution in [2.24, 2.45) is 0 Å². The number of hydrogen-bond donors (Lipinski definition) is 2. The average Bonchev–Trinajstić information content (AvgIpc) is 2.67. The average molecular weight is 354 g/mol. The highest BCUT2D eigenvalue weighted by atomic mass is 16.5. The van der Waals surface area contributed by atoms with Crippen LogP contribution in [0.1, 0.15) is 24.0 Å². The minimum absolute atomic E-state index is 0.323. The Kier molecular flexibility index (Phi) is 7.06. The zero-order valence-electron chi connectivity index (χ0n) is 15.6. The number of aliphatic hydroxyl groups excluding tert-OH is 1. The molecule has 1 saturated heterocycles. The van der Waals surface area contributed by atoms with E-state index in [1.54, 1.807) is 0 Å². The Bertz CT molecular complexity index is 654. The van der Waals surface area contributed by atoms with Crippen LogP contribution in [0.4, 0.5) is 0 Å². The summed E-state index contributed by atoms with van der Waals surface area (Å²) in [5, 5.41) is 13.7. The number of nitrogens with zero attached hydrogens (tertiary/aromatic N) is 1. The first-order valence-electron chi connectivity index (χ1n) is 9.56. The summed E-state index contributed by atoms with van der Waals surface area (Å²) in [6.07, 6.45) is 1.76. The van der Waals surface area contributed by atoms with Crippen LogP contribution in [0.5, 0.6) is 5.75 Å². The molecule has 4 nitrogen and oxygen atoms in total. The number of piperidine rings is 1. The monoisotopic (exact) mass is 354 g/mol. The molecular formula is C22H30N2O2. The summed E-state index contributed by atoms with van der Waals surface area (Å²) >= 11 is 0. The van der Waals surface area contributed by atoms with E-state index in [1.807, 2.05) is 31.2 Å². The van der Waals surface area contributed by atoms with Crippen molar-refractivity contribution in [3.8, 4) is 5.75 Å². The molecule has 2 aromatic carbocycles. The molecule has 140 valence electrons. The molecule has 1 aliphatic heterocycles. The first-order chi connectivity index (χ1) is 12.7. The lowest BCUT2D eigenvalue weighted by atomic mass is 10.0. The van der Waals surface area contributed by atoms with Crippen LogP contribution in [0, 0.1) is 6.92 Å². The van der Waals surface area contributed by atoms with Crippen molar-refractivity contribution in [2.75, 3.05) is 26.2 Å². The van der Waals surface area contributed by atoms with Crippen LogP contribution in [-0.4, -0.2) is 48.4 Å². The molecule has 1 atom stereocenters. The number of aryl methyl sites for hydroxylation is 1. The van der Waals surface area contributed by atoms with E-state index in [0.717, 1.165) is 43.8 Å². The van der Waals surface area contributed by atoms with E-state index < -0.39 is 6.10 Å². The molecule has 26 heavy (non-hydrogen) atoms. The largest absolute Gasteiger partial charge is 0.491 e. The van der Waals surface area contributed by atoms with Gasteiger partial charge in [0.1, 0.15) is 18.5 Å². The molecule has 1 heterocycles. The van der Waals surface area contributed by atoms with E-state index in [-0.39, 0.29) is 0 Å². The lowest BCUT2D eigenvalue weighted by Crippen LogP contribution is -2.45. The number of nitrogens with one attached hydrogen (secondary N) is 1. The number of ether oxygens (including phenoxy) is 1. The van der Waals surface area contributed by atoms with E-state index in [2.05, 4.69) is 40.5 Å². The van der Waals surface area contributed by atoms with Gasteiger partial charge in [-0.15, -0.1) is 0 Å². The second-order valence-electron chi connectivity index (χ2n) is 7.23. The SMILES string of the molecule is Cc1cccc(OC[C@@H](O)CNC2CCN(Cc3ccccc3)CC2)c1. The summed E-state index contributed by atoms with van der Waals surface area (Å²) in [7, 11) is 0. The molecule has 0 aromatic heterocycles. The summed E-state index contributed by atoms with van der Waals surface area (Å²) in [5.41, 5.74) is 2.54. The Labute approximate surface area is 156 Å². The van der Waals surface area contributed by atoms with Gasteiger partial charge in [-0.1, -0.05) is 42.5 Å². The first-order valence-corrected chi connectivity index (χ1v) is 9.56. The van der Waals surface area contributed by atoms with Crippen LogP contribution >= 0.6 is 0 Å². The topological polar surface area (TPSA) is 44.7 Å². The minimum Gasteiger partial charge on any atom is -0.491 e. The maximum atomic E-state index is 10.2. The van der Waals surface area contributed by atoms with Gasteiger partial charge in [-0.2, -0.15) is 0 Å². The van der Waals surface area contributed by atoms with Gasteiger partial charge in [-0.25, -0.2) is 0 Å². The highest BCUT2D eigenvalue weighted by Gasteiger charge is 2.19. The molecule has 0 aliphatic carbocycles. The molecule has 4 heteroatoms. The lowest BCUT2D eigenvalue weighted by Gasteiger charge is -2.33. The summed E-state index contributed by atoms with van der Waals surface area (Å²) in [6.45, 7) is 6.17. The van der Waals surface area contributed by atoms with Crippen molar-refractivity contribution in [3.05, 3.63) is 65.7 Å². The van der Waals surface area contributed by atoms with E-state index in [0.29, 0.717) is 19.2 Å². The Hall–Kier alpha value is -1.88. The van der Waals surface area contributed by atoms with Gasteiger partial charge < -0.3 is 15.2 Å². The molecule has 0 bridgehead atoms. The second-order valence-corrected chi connectivity index (χ2v) is 7.23. The maximum absolute atomic E-state index is 10.2. The van der Waals surface area contributed by atoms with Gasteiger partial charge in [0.15, 0.2) is 0 Å². The maximum Gasteiger partial charge on any atom is 0.119 e. The number of aliphatic hydroxyl groups is 1. The minimum atomic E-state index is -0.488. The summed E-state index contributed by atoms with van der Waals surface area (Å²) in [4.78, 5) is 2.50. The zero-order chi connectivity index (χ0) is 18.2. The lowest BCUT2D eigenvalue weighted by molar-refractivity contribution is 0.0979. The van der Waals surface area contributed by atoms with Crippen molar-refractivity contribution < 1.29 is 9.84 Å². The van der Waals surface area contributed by atoms with E-state index >= 15 is 0 Å². The normalized spacial score (nSPS) is 17.2. The van der Waals surface area contributed by atoms with E-state index in [4.69, 9.17) is 4.74 Å². The molecule has 0 radical (unpaired) electrons. The predicted octanol–water partition coefficient (Wildman–Crippen LogP) is 2.99. The van der Waals surface area contributed by atoms with Crippen LogP contribution < -0.4 is 10.1 Å². The summed E-state index contributed by atoms with van der Waals surface area (Å²) in [5.74, 6) is 0.818. The van der Waals surface area contributed by atoms with Gasteiger partial charge in [0, 0.05) is 19.1 Å². The molecule has 3 rings (SSSR count). The highest BCUT2D eigenvalue weighted by Crippen LogP contribution is 2.14. The van der Waals surface area contributed by atoms with Crippen molar-refractivity contribution in [3.63, 3.8) is 0 Å². The molecular weight excluding hydrogens is 324 g/mol. The number of likely N-dealkylation sites (tertiary alicyclic amines) is 1. The van der Waals surface area contributed by atoms with Crippen LogP contribution in [0.25, 0.3) is 0 Å². The quantitative estimate of drug-likeness (QED) is 0.765. The molecule has 1 aliphatic rings. The molecule has 0 saturated carbocycles. The number of hydrogen-bond acceptors (Lipinski definition) is 4. The van der Waals surface area contributed by atoms with Crippen molar-refractivity contribution in [1.29, 1.82) is 0 Å². The Morgan fingerprint density at radius 1 is 1.12 bits per heavy atom. The second kappa shape index (κ2) is 9.72. The third kappa shape index (κ3) is 6.13. The van der Waals surface area contributed by atoms with Crippen molar-refractivity contribution in [2.45, 2.75) is 38.5 Å². The summed E-state index contributed by atoms with van der Waals surface area (Å²) < 4.78 is 5.67. The molecule has 2 aromatic rings. The third-order valence-corrected chi connectivity index (χ3v) is 4.91. The van der Waals surface area contributed by atoms with Gasteiger partial charge >= 0.3 is 0 Å². The molecule has 2 N–H and O–H groups in total. The van der Waals surface area contributed by atoms with Gasteiger partial charge in [0.25, 0.3) is 0 Å². The van der Waals surface area contributed by atoms with Gasteiger partial charge in [0.2, 0.25) is 0 Å². The van der Waals surface area contributed by atoms with Gasteiger partial charge in [-0.3, -0.25) is 4.90 Å². The smallest absolute Gasteiger partial charge is 0.119 e. The Morgan fingerprint density at radius 3 is 2.62 bits per heavy atom. The molecule has 0 amide bonds. The van der Waals surface area contributed by atoms with Crippen LogP contribution in [-0.2, 0) is 6.54 Å². The predicted molar refractivity (Wildman–Crippen MR) is 105 cm³/mol. The molecule has 0 unspecified atom stereocenters. The van der Waals surface area contributed by atoms with Crippen LogP contribution in [0.15, 0.2) is 54.6 Å². The Morgan fingerprint density at radius 2 is 1.88 bits per heavy atom.